The highest BCUT2D eigenvalue weighted by Crippen LogP contribution is 2.35. The molecule has 1 amide bonds. The number of fused-ring (bicyclic) bond motifs is 1. The molecule has 8 heteroatoms. The molecule has 0 bridgehead atoms. The van der Waals surface area contributed by atoms with Crippen molar-refractivity contribution < 1.29 is 24.1 Å². The molecule has 8 nitrogen and oxygen atoms in total. The zero-order valence-electron chi connectivity index (χ0n) is 15.8. The molecule has 2 N–H and O–H groups in total. The van der Waals surface area contributed by atoms with E-state index in [-0.39, 0.29) is 19.1 Å². The Hall–Kier alpha value is -3.42. The highest BCUT2D eigenvalue weighted by atomic mass is 16.7. The fourth-order valence-electron chi connectivity index (χ4n) is 2.75. The number of phenolic OH excluding ortho intramolecular Hbond substituents is 1. The average molecular weight is 385 g/mol. The van der Waals surface area contributed by atoms with Crippen LogP contribution in [-0.4, -0.2) is 43.7 Å². The molecule has 0 spiro atoms. The summed E-state index contributed by atoms with van der Waals surface area (Å²) in [5, 5.41) is 14.0. The van der Waals surface area contributed by atoms with Crippen LogP contribution in [0.1, 0.15) is 19.4 Å². The van der Waals surface area contributed by atoms with E-state index in [1.165, 1.54) is 6.21 Å². The van der Waals surface area contributed by atoms with E-state index in [4.69, 9.17) is 14.2 Å². The minimum absolute atomic E-state index is 0.0963. The summed E-state index contributed by atoms with van der Waals surface area (Å²) in [6, 6.07) is 10.4. The molecule has 0 aromatic heterocycles. The van der Waals surface area contributed by atoms with Crippen LogP contribution < -0.4 is 24.5 Å². The van der Waals surface area contributed by atoms with Gasteiger partial charge in [0.15, 0.2) is 18.1 Å². The first-order valence-electron chi connectivity index (χ1n) is 9.03. The summed E-state index contributed by atoms with van der Waals surface area (Å²) in [5.41, 5.74) is 3.81. The Morgan fingerprint density at radius 2 is 2.00 bits per heavy atom. The topological polar surface area (TPSA) is 92.6 Å². The number of nitrogens with zero attached hydrogens (tertiary/aromatic N) is 2. The molecule has 148 valence electrons. The van der Waals surface area contributed by atoms with Gasteiger partial charge in [-0.05, 0) is 38.1 Å². The van der Waals surface area contributed by atoms with Gasteiger partial charge in [-0.2, -0.15) is 5.10 Å². The van der Waals surface area contributed by atoms with E-state index in [0.717, 1.165) is 18.8 Å². The van der Waals surface area contributed by atoms with Crippen molar-refractivity contribution in [2.24, 2.45) is 5.10 Å². The SMILES string of the molecule is CCN(CC)c1ccc(/C=N/NC(=O)COc2ccc3c(c2)OCO3)c(O)c1. The summed E-state index contributed by atoms with van der Waals surface area (Å²) >= 11 is 0. The zero-order valence-corrected chi connectivity index (χ0v) is 15.8. The van der Waals surface area contributed by atoms with Crippen LogP contribution in [0.5, 0.6) is 23.0 Å². The number of hydrogen-bond donors (Lipinski definition) is 2. The van der Waals surface area contributed by atoms with Gasteiger partial charge in [0, 0.05) is 36.5 Å². The first kappa shape index (κ1) is 19.3. The molecule has 0 aliphatic carbocycles. The highest BCUT2D eigenvalue weighted by molar-refractivity contribution is 5.86. The molecule has 0 saturated carbocycles. The Morgan fingerprint density at radius 1 is 1.21 bits per heavy atom. The van der Waals surface area contributed by atoms with Crippen LogP contribution in [0.2, 0.25) is 0 Å². The summed E-state index contributed by atoms with van der Waals surface area (Å²) < 4.78 is 15.9. The molecule has 3 rings (SSSR count). The summed E-state index contributed by atoms with van der Waals surface area (Å²) in [6.07, 6.45) is 1.39. The van der Waals surface area contributed by atoms with E-state index < -0.39 is 5.91 Å². The van der Waals surface area contributed by atoms with Crippen molar-refractivity contribution in [3.05, 3.63) is 42.0 Å². The maximum Gasteiger partial charge on any atom is 0.277 e. The quantitative estimate of drug-likeness (QED) is 0.536. The monoisotopic (exact) mass is 385 g/mol. The maximum atomic E-state index is 11.9. The number of phenols is 1. The van der Waals surface area contributed by atoms with Crippen LogP contribution in [0.4, 0.5) is 5.69 Å². The second-order valence-electron chi connectivity index (χ2n) is 6.01. The largest absolute Gasteiger partial charge is 0.507 e. The number of ether oxygens (including phenoxy) is 3. The Kier molecular flexibility index (Phi) is 6.21. The van der Waals surface area contributed by atoms with Gasteiger partial charge < -0.3 is 24.2 Å². The number of carbonyl (C=O) groups excluding carboxylic acids is 1. The van der Waals surface area contributed by atoms with Crippen molar-refractivity contribution in [3.8, 4) is 23.0 Å². The predicted octanol–water partition coefficient (Wildman–Crippen LogP) is 2.50. The van der Waals surface area contributed by atoms with Gasteiger partial charge >= 0.3 is 0 Å². The summed E-state index contributed by atoms with van der Waals surface area (Å²) in [6.45, 7) is 5.78. The van der Waals surface area contributed by atoms with Gasteiger partial charge in [0.25, 0.3) is 5.91 Å². The molecule has 1 aliphatic heterocycles. The van der Waals surface area contributed by atoms with Crippen LogP contribution in [0.3, 0.4) is 0 Å². The number of amides is 1. The van der Waals surface area contributed by atoms with Crippen molar-refractivity contribution in [2.45, 2.75) is 13.8 Å². The zero-order chi connectivity index (χ0) is 19.9. The molecule has 2 aromatic rings. The third kappa shape index (κ3) is 4.64. The molecular weight excluding hydrogens is 362 g/mol. The van der Waals surface area contributed by atoms with Gasteiger partial charge in [-0.25, -0.2) is 5.43 Å². The minimum atomic E-state index is -0.423. The van der Waals surface area contributed by atoms with Gasteiger partial charge in [-0.15, -0.1) is 0 Å². The second-order valence-corrected chi connectivity index (χ2v) is 6.01. The Balaban J connectivity index is 1.50. The number of hydrogen-bond acceptors (Lipinski definition) is 7. The maximum absolute atomic E-state index is 11.9. The molecule has 0 fully saturated rings. The molecule has 1 aliphatic rings. The molecule has 1 heterocycles. The molecule has 2 aromatic carbocycles. The Morgan fingerprint density at radius 3 is 2.75 bits per heavy atom. The van der Waals surface area contributed by atoms with Crippen LogP contribution in [0.25, 0.3) is 0 Å². The fraction of sp³-hybridized carbons (Fsp3) is 0.300. The molecule has 0 radical (unpaired) electrons. The number of benzene rings is 2. The Bertz CT molecular complexity index is 865. The van der Waals surface area contributed by atoms with Crippen molar-refractivity contribution in [3.63, 3.8) is 0 Å². The van der Waals surface area contributed by atoms with E-state index in [2.05, 4.69) is 29.3 Å². The third-order valence-electron chi connectivity index (χ3n) is 4.25. The molecule has 0 unspecified atom stereocenters. The summed E-state index contributed by atoms with van der Waals surface area (Å²) in [5.74, 6) is 1.40. The lowest BCUT2D eigenvalue weighted by molar-refractivity contribution is -0.123. The van der Waals surface area contributed by atoms with E-state index >= 15 is 0 Å². The van der Waals surface area contributed by atoms with Crippen molar-refractivity contribution in [1.82, 2.24) is 5.43 Å². The van der Waals surface area contributed by atoms with E-state index in [1.807, 2.05) is 6.07 Å². The van der Waals surface area contributed by atoms with Crippen molar-refractivity contribution in [2.75, 3.05) is 31.4 Å². The second kappa shape index (κ2) is 8.98. The third-order valence-corrected chi connectivity index (χ3v) is 4.25. The molecule has 28 heavy (non-hydrogen) atoms. The smallest absolute Gasteiger partial charge is 0.277 e. The number of nitrogens with one attached hydrogen (secondary N) is 1. The van der Waals surface area contributed by atoms with Crippen molar-refractivity contribution in [1.29, 1.82) is 0 Å². The first-order chi connectivity index (χ1) is 13.6. The first-order valence-corrected chi connectivity index (χ1v) is 9.03. The lowest BCUT2D eigenvalue weighted by Crippen LogP contribution is -2.24. The van der Waals surface area contributed by atoms with E-state index in [0.29, 0.717) is 22.8 Å². The van der Waals surface area contributed by atoms with Crippen LogP contribution >= 0.6 is 0 Å². The number of anilines is 1. The lowest BCUT2D eigenvalue weighted by atomic mass is 10.2. The van der Waals surface area contributed by atoms with Gasteiger partial charge in [0.05, 0.1) is 6.21 Å². The Labute approximate surface area is 163 Å². The standard InChI is InChI=1S/C20H23N3O5/c1-3-23(4-2)15-6-5-14(17(24)9-15)11-21-22-20(25)12-26-16-7-8-18-19(10-16)28-13-27-18/h5-11,24H,3-4,12-13H2,1-2H3,(H,22,25)/b21-11+. The van der Waals surface area contributed by atoms with Crippen LogP contribution in [0.15, 0.2) is 41.5 Å². The van der Waals surface area contributed by atoms with Crippen molar-refractivity contribution >= 4 is 17.8 Å². The van der Waals surface area contributed by atoms with Gasteiger partial charge in [0.2, 0.25) is 6.79 Å². The average Bonchev–Trinajstić information content (AvgIpc) is 3.17. The number of aromatic hydroxyl groups is 1. The summed E-state index contributed by atoms with van der Waals surface area (Å²) in [4.78, 5) is 14.0. The molecule has 0 saturated heterocycles. The van der Waals surface area contributed by atoms with E-state index in [1.54, 1.807) is 30.3 Å². The highest BCUT2D eigenvalue weighted by Gasteiger charge is 2.14. The van der Waals surface area contributed by atoms with Gasteiger partial charge in [0.1, 0.15) is 11.5 Å². The fourth-order valence-corrected chi connectivity index (χ4v) is 2.75. The van der Waals surface area contributed by atoms with Crippen LogP contribution in [0, 0.1) is 0 Å². The number of rotatable bonds is 8. The number of hydrazone groups is 1. The molecule has 0 atom stereocenters. The van der Waals surface area contributed by atoms with E-state index in [9.17, 15) is 9.90 Å². The minimum Gasteiger partial charge on any atom is -0.507 e. The number of carbonyl (C=O) groups is 1. The summed E-state index contributed by atoms with van der Waals surface area (Å²) in [7, 11) is 0. The predicted molar refractivity (Wildman–Crippen MR) is 105 cm³/mol. The lowest BCUT2D eigenvalue weighted by Gasteiger charge is -2.21. The van der Waals surface area contributed by atoms with Gasteiger partial charge in [-0.3, -0.25) is 4.79 Å². The normalized spacial score (nSPS) is 12.2. The molecular formula is C20H23N3O5. The van der Waals surface area contributed by atoms with Gasteiger partial charge in [-0.1, -0.05) is 0 Å². The van der Waals surface area contributed by atoms with Crippen LogP contribution in [-0.2, 0) is 4.79 Å².